The number of nitrogens with zero attached hydrogens (tertiary/aromatic N) is 2. The second kappa shape index (κ2) is 8.82. The predicted octanol–water partition coefficient (Wildman–Crippen LogP) is 3.75. The van der Waals surface area contributed by atoms with Crippen molar-refractivity contribution in [2.75, 3.05) is 24.5 Å². The van der Waals surface area contributed by atoms with E-state index < -0.39 is 0 Å². The Morgan fingerprint density at radius 2 is 1.74 bits per heavy atom. The van der Waals surface area contributed by atoms with Gasteiger partial charge in [0, 0.05) is 24.3 Å². The van der Waals surface area contributed by atoms with Gasteiger partial charge in [-0.2, -0.15) is 0 Å². The lowest BCUT2D eigenvalue weighted by atomic mass is 10.1. The van der Waals surface area contributed by atoms with Crippen LogP contribution < -0.4 is 10.6 Å². The van der Waals surface area contributed by atoms with Crippen molar-refractivity contribution in [1.29, 1.82) is 0 Å². The maximum absolute atomic E-state index is 13.2. The van der Waals surface area contributed by atoms with Crippen LogP contribution in [0.1, 0.15) is 40.7 Å². The third kappa shape index (κ3) is 4.74. The van der Waals surface area contributed by atoms with Gasteiger partial charge in [-0.25, -0.2) is 4.79 Å². The number of anilines is 1. The van der Waals surface area contributed by atoms with Crippen LogP contribution in [0.3, 0.4) is 0 Å². The molecule has 1 saturated heterocycles. The molecule has 0 bridgehead atoms. The zero-order chi connectivity index (χ0) is 19.2. The highest BCUT2D eigenvalue weighted by atomic mass is 16.2. The van der Waals surface area contributed by atoms with E-state index >= 15 is 0 Å². The molecule has 3 rings (SSSR count). The molecule has 142 valence electrons. The van der Waals surface area contributed by atoms with E-state index in [2.05, 4.69) is 0 Å². The van der Waals surface area contributed by atoms with Gasteiger partial charge >= 0.3 is 6.03 Å². The quantitative estimate of drug-likeness (QED) is 0.821. The smallest absolute Gasteiger partial charge is 0.324 e. The molecule has 5 nitrogen and oxygen atoms in total. The Bertz CT molecular complexity index is 795. The lowest BCUT2D eigenvalue weighted by Crippen LogP contribution is -2.45. The summed E-state index contributed by atoms with van der Waals surface area (Å²) in [4.78, 5) is 28.7. The molecule has 0 saturated carbocycles. The minimum atomic E-state index is -0.0820. The van der Waals surface area contributed by atoms with E-state index in [0.717, 1.165) is 42.7 Å². The molecule has 27 heavy (non-hydrogen) atoms. The Morgan fingerprint density at radius 3 is 2.37 bits per heavy atom. The molecule has 1 aliphatic heterocycles. The van der Waals surface area contributed by atoms with Crippen molar-refractivity contribution in [2.45, 2.75) is 32.7 Å². The number of hydrogen-bond acceptors (Lipinski definition) is 3. The Labute approximate surface area is 160 Å². The number of amides is 2. The standard InChI is InChI=1S/C22H27N3O2/c1-17-6-5-7-20(14-17)25(22(27)24-12-3-2-4-13-24)16-18-8-10-19(11-9-18)21(26)15-23/h5-11,14H,2-4,12-13,15-16,23H2,1H3. The molecule has 5 heteroatoms. The maximum Gasteiger partial charge on any atom is 0.324 e. The number of hydrogen-bond donors (Lipinski definition) is 1. The molecule has 0 radical (unpaired) electrons. The van der Waals surface area contributed by atoms with Crippen molar-refractivity contribution in [3.05, 3.63) is 65.2 Å². The van der Waals surface area contributed by atoms with Gasteiger partial charge < -0.3 is 10.6 Å². The Morgan fingerprint density at radius 1 is 1.04 bits per heavy atom. The maximum atomic E-state index is 13.2. The molecular formula is C22H27N3O2. The summed E-state index contributed by atoms with van der Waals surface area (Å²) in [7, 11) is 0. The van der Waals surface area contributed by atoms with E-state index in [4.69, 9.17) is 5.73 Å². The molecule has 2 aromatic rings. The number of carbonyl (C=O) groups is 2. The number of piperidine rings is 1. The van der Waals surface area contributed by atoms with Gasteiger partial charge in [-0.1, -0.05) is 36.4 Å². The largest absolute Gasteiger partial charge is 0.324 e. The molecule has 1 aliphatic rings. The minimum Gasteiger partial charge on any atom is -0.324 e. The predicted molar refractivity (Wildman–Crippen MR) is 108 cm³/mol. The molecule has 0 spiro atoms. The van der Waals surface area contributed by atoms with E-state index in [1.54, 1.807) is 12.1 Å². The highest BCUT2D eigenvalue weighted by Crippen LogP contribution is 2.22. The van der Waals surface area contributed by atoms with Gasteiger partial charge in [-0.15, -0.1) is 0 Å². The van der Waals surface area contributed by atoms with Gasteiger partial charge in [0.1, 0.15) is 0 Å². The summed E-state index contributed by atoms with van der Waals surface area (Å²) >= 11 is 0. The van der Waals surface area contributed by atoms with Gasteiger partial charge in [0.05, 0.1) is 13.1 Å². The van der Waals surface area contributed by atoms with Crippen LogP contribution in [0.2, 0.25) is 0 Å². The molecule has 1 heterocycles. The van der Waals surface area contributed by atoms with Crippen LogP contribution >= 0.6 is 0 Å². The zero-order valence-corrected chi connectivity index (χ0v) is 15.9. The number of aryl methyl sites for hydroxylation is 1. The summed E-state index contributed by atoms with van der Waals surface area (Å²) in [5.74, 6) is -0.0820. The van der Waals surface area contributed by atoms with Crippen LogP contribution in [0, 0.1) is 6.92 Å². The van der Waals surface area contributed by atoms with E-state index in [1.807, 2.05) is 53.1 Å². The summed E-state index contributed by atoms with van der Waals surface area (Å²) in [6.45, 7) is 4.12. The Balaban J connectivity index is 1.85. The van der Waals surface area contributed by atoms with E-state index in [1.165, 1.54) is 6.42 Å². The topological polar surface area (TPSA) is 66.6 Å². The van der Waals surface area contributed by atoms with Crippen molar-refractivity contribution in [3.8, 4) is 0 Å². The average molecular weight is 365 g/mol. The fraction of sp³-hybridized carbons (Fsp3) is 0.364. The first kappa shape index (κ1) is 19.1. The van der Waals surface area contributed by atoms with Crippen molar-refractivity contribution in [1.82, 2.24) is 4.90 Å². The number of Topliss-reactive ketones (excluding diaryl/α,β-unsaturated/α-hetero) is 1. The van der Waals surface area contributed by atoms with Crippen molar-refractivity contribution in [3.63, 3.8) is 0 Å². The van der Waals surface area contributed by atoms with Crippen molar-refractivity contribution < 1.29 is 9.59 Å². The summed E-state index contributed by atoms with van der Waals surface area (Å²) in [6.07, 6.45) is 3.30. The number of urea groups is 1. The lowest BCUT2D eigenvalue weighted by molar-refractivity contribution is 0.100. The fourth-order valence-electron chi connectivity index (χ4n) is 3.42. The van der Waals surface area contributed by atoms with Crippen LogP contribution in [0.25, 0.3) is 0 Å². The fourth-order valence-corrected chi connectivity index (χ4v) is 3.42. The molecule has 0 aromatic heterocycles. The van der Waals surface area contributed by atoms with E-state index in [0.29, 0.717) is 12.1 Å². The van der Waals surface area contributed by atoms with Crippen LogP contribution in [-0.2, 0) is 6.54 Å². The van der Waals surface area contributed by atoms with Gasteiger partial charge in [-0.05, 0) is 49.4 Å². The van der Waals surface area contributed by atoms with Gasteiger partial charge in [-0.3, -0.25) is 9.69 Å². The second-order valence-corrected chi connectivity index (χ2v) is 7.08. The third-order valence-electron chi connectivity index (χ3n) is 4.97. The molecular weight excluding hydrogens is 338 g/mol. The number of rotatable bonds is 5. The van der Waals surface area contributed by atoms with Gasteiger partial charge in [0.2, 0.25) is 0 Å². The molecule has 2 aromatic carbocycles. The molecule has 1 fully saturated rings. The van der Waals surface area contributed by atoms with Crippen LogP contribution in [0.15, 0.2) is 48.5 Å². The molecule has 2 N–H and O–H groups in total. The number of ketones is 1. The van der Waals surface area contributed by atoms with Crippen LogP contribution in [0.5, 0.6) is 0 Å². The Kier molecular flexibility index (Phi) is 6.24. The summed E-state index contributed by atoms with van der Waals surface area (Å²) < 4.78 is 0. The van der Waals surface area contributed by atoms with Crippen molar-refractivity contribution in [2.24, 2.45) is 5.73 Å². The van der Waals surface area contributed by atoms with Crippen LogP contribution in [-0.4, -0.2) is 36.3 Å². The first-order chi connectivity index (χ1) is 13.1. The van der Waals surface area contributed by atoms with Crippen molar-refractivity contribution >= 4 is 17.5 Å². The van der Waals surface area contributed by atoms with E-state index in [9.17, 15) is 9.59 Å². The zero-order valence-electron chi connectivity index (χ0n) is 15.9. The average Bonchev–Trinajstić information content (AvgIpc) is 2.72. The molecule has 0 atom stereocenters. The normalized spacial score (nSPS) is 14.1. The molecule has 0 aliphatic carbocycles. The SMILES string of the molecule is Cc1cccc(N(Cc2ccc(C(=O)CN)cc2)C(=O)N2CCCCC2)c1. The van der Waals surface area contributed by atoms with Gasteiger partial charge in [0.25, 0.3) is 0 Å². The highest BCUT2D eigenvalue weighted by molar-refractivity contribution is 5.97. The van der Waals surface area contributed by atoms with E-state index in [-0.39, 0.29) is 18.4 Å². The molecule has 2 amide bonds. The van der Waals surface area contributed by atoms with Gasteiger partial charge in [0.15, 0.2) is 5.78 Å². The van der Waals surface area contributed by atoms with Crippen LogP contribution in [0.4, 0.5) is 10.5 Å². The number of nitrogens with two attached hydrogens (primary N) is 1. The lowest BCUT2D eigenvalue weighted by Gasteiger charge is -2.33. The first-order valence-corrected chi connectivity index (χ1v) is 9.54. The minimum absolute atomic E-state index is 0.00219. The second-order valence-electron chi connectivity index (χ2n) is 7.08. The summed E-state index contributed by atoms with van der Waals surface area (Å²) in [5.41, 5.74) is 9.03. The third-order valence-corrected chi connectivity index (χ3v) is 4.97. The number of carbonyl (C=O) groups excluding carboxylic acids is 2. The highest BCUT2D eigenvalue weighted by Gasteiger charge is 2.24. The monoisotopic (exact) mass is 365 g/mol. The summed E-state index contributed by atoms with van der Waals surface area (Å²) in [6, 6.07) is 15.4. The molecule has 0 unspecified atom stereocenters. The number of likely N-dealkylation sites (tertiary alicyclic amines) is 1. The first-order valence-electron chi connectivity index (χ1n) is 9.54. The summed E-state index contributed by atoms with van der Waals surface area (Å²) in [5, 5.41) is 0. The Hall–Kier alpha value is -2.66. The number of benzene rings is 2.